The highest BCUT2D eigenvalue weighted by Gasteiger charge is 2.47. The van der Waals surface area contributed by atoms with E-state index in [1.54, 1.807) is 29.4 Å². The number of nitrogens with zero attached hydrogens (tertiary/aromatic N) is 6. The summed E-state index contributed by atoms with van der Waals surface area (Å²) in [6, 6.07) is 0. The van der Waals surface area contributed by atoms with Crippen molar-refractivity contribution in [2.24, 2.45) is 7.05 Å². The third-order valence-corrected chi connectivity index (χ3v) is 6.26. The van der Waals surface area contributed by atoms with Gasteiger partial charge >= 0.3 is 0 Å². The second-order valence-electron chi connectivity index (χ2n) is 6.68. The summed E-state index contributed by atoms with van der Waals surface area (Å²) in [4.78, 5) is 17.9. The maximum Gasteiger partial charge on any atom is 0.162 e. The van der Waals surface area contributed by atoms with Crippen LogP contribution < -0.4 is 4.90 Å². The summed E-state index contributed by atoms with van der Waals surface area (Å²) in [7, 11) is 1.81. The summed E-state index contributed by atoms with van der Waals surface area (Å²) in [6.07, 6.45) is 7.87. The van der Waals surface area contributed by atoms with Crippen LogP contribution in [0, 0.1) is 0 Å². The first-order valence-electron chi connectivity index (χ1n) is 8.23. The van der Waals surface area contributed by atoms with Crippen LogP contribution in [-0.4, -0.2) is 42.9 Å². The van der Waals surface area contributed by atoms with Gasteiger partial charge in [-0.3, -0.25) is 4.68 Å². The molecule has 1 N–H and O–H groups in total. The Morgan fingerprint density at radius 1 is 1.12 bits per heavy atom. The molecule has 0 atom stereocenters. The minimum absolute atomic E-state index is 0.482. The molecule has 1 fully saturated rings. The predicted molar refractivity (Wildman–Crippen MR) is 91.2 cm³/mol. The fraction of sp³-hybridized carbons (Fsp3) is 0.500. The molecule has 1 saturated heterocycles. The monoisotopic (exact) mass is 342 g/mol. The molecule has 0 aromatic carbocycles. The molecule has 24 heavy (non-hydrogen) atoms. The molecule has 3 aromatic heterocycles. The average Bonchev–Trinajstić information content (AvgIpc) is 3.15. The summed E-state index contributed by atoms with van der Waals surface area (Å²) in [5, 5.41) is 16.1. The van der Waals surface area contributed by atoms with E-state index in [-0.39, 0.29) is 0 Å². The lowest BCUT2D eigenvalue weighted by atomic mass is 9.91. The summed E-state index contributed by atoms with van der Waals surface area (Å²) < 4.78 is 1.64. The minimum atomic E-state index is -0.960. The molecule has 0 unspecified atom stereocenters. The molecule has 0 amide bonds. The first-order chi connectivity index (χ1) is 11.7. The Balaban J connectivity index is 1.53. The van der Waals surface area contributed by atoms with Gasteiger partial charge in [-0.1, -0.05) is 0 Å². The van der Waals surface area contributed by atoms with Crippen molar-refractivity contribution < 1.29 is 5.11 Å². The van der Waals surface area contributed by atoms with E-state index in [0.29, 0.717) is 18.9 Å². The van der Waals surface area contributed by atoms with Gasteiger partial charge < -0.3 is 10.0 Å². The summed E-state index contributed by atoms with van der Waals surface area (Å²) in [5.41, 5.74) is 0.462. The van der Waals surface area contributed by atoms with E-state index in [2.05, 4.69) is 25.0 Å². The van der Waals surface area contributed by atoms with Crippen LogP contribution in [0.3, 0.4) is 0 Å². The van der Waals surface area contributed by atoms with Gasteiger partial charge in [-0.2, -0.15) is 5.10 Å². The molecule has 0 saturated carbocycles. The smallest absolute Gasteiger partial charge is 0.162 e. The molecule has 0 spiro atoms. The molecule has 0 radical (unpaired) electrons. The Hall–Kier alpha value is -2.06. The van der Waals surface area contributed by atoms with Gasteiger partial charge in [0.05, 0.1) is 18.5 Å². The van der Waals surface area contributed by atoms with Gasteiger partial charge in [0.15, 0.2) is 11.4 Å². The number of β-amino-alcohol motifs (C(OH)–C–C–N with tert-alkyl or cyclic N) is 1. The first kappa shape index (κ1) is 14.3. The number of rotatable bonds is 2. The molecule has 5 rings (SSSR count). The maximum absolute atomic E-state index is 10.8. The zero-order valence-electron chi connectivity index (χ0n) is 13.4. The van der Waals surface area contributed by atoms with Crippen LogP contribution >= 0.6 is 11.3 Å². The van der Waals surface area contributed by atoms with Crippen LogP contribution in [0.15, 0.2) is 12.7 Å². The second kappa shape index (κ2) is 4.97. The van der Waals surface area contributed by atoms with Crippen molar-refractivity contribution in [3.8, 4) is 0 Å². The second-order valence-corrected chi connectivity index (χ2v) is 7.77. The number of thiophene rings is 1. The SMILES string of the molecule is Cn1ncnc1C1(O)CN(c2ncnc3sc4c(c23)CCCC4)C1. The number of hydrogen-bond acceptors (Lipinski definition) is 7. The summed E-state index contributed by atoms with van der Waals surface area (Å²) in [5.74, 6) is 1.56. The molecule has 3 aromatic rings. The van der Waals surface area contributed by atoms with Gasteiger partial charge in [-0.05, 0) is 31.2 Å². The van der Waals surface area contributed by atoms with Crippen molar-refractivity contribution in [3.05, 3.63) is 28.9 Å². The lowest BCUT2D eigenvalue weighted by molar-refractivity contribution is -0.00451. The summed E-state index contributed by atoms with van der Waals surface area (Å²) in [6.45, 7) is 0.965. The highest BCUT2D eigenvalue weighted by Crippen LogP contribution is 2.42. The molecule has 0 bridgehead atoms. The molecule has 4 heterocycles. The Morgan fingerprint density at radius 2 is 1.96 bits per heavy atom. The van der Waals surface area contributed by atoms with Crippen LogP contribution in [0.5, 0.6) is 0 Å². The topological polar surface area (TPSA) is 80.0 Å². The summed E-state index contributed by atoms with van der Waals surface area (Å²) >= 11 is 1.80. The quantitative estimate of drug-likeness (QED) is 0.758. The van der Waals surface area contributed by atoms with E-state index in [9.17, 15) is 5.11 Å². The molecule has 1 aliphatic heterocycles. The van der Waals surface area contributed by atoms with Crippen LogP contribution in [0.1, 0.15) is 29.1 Å². The predicted octanol–water partition coefficient (Wildman–Crippen LogP) is 1.41. The zero-order valence-corrected chi connectivity index (χ0v) is 14.3. The highest BCUT2D eigenvalue weighted by atomic mass is 32.1. The van der Waals surface area contributed by atoms with Crippen LogP contribution in [0.4, 0.5) is 5.82 Å². The number of aliphatic hydroxyl groups is 1. The van der Waals surface area contributed by atoms with Gasteiger partial charge in [0.2, 0.25) is 0 Å². The van der Waals surface area contributed by atoms with E-state index in [1.165, 1.54) is 35.0 Å². The zero-order chi connectivity index (χ0) is 16.3. The van der Waals surface area contributed by atoms with Gasteiger partial charge in [-0.25, -0.2) is 15.0 Å². The van der Waals surface area contributed by atoms with E-state index in [4.69, 9.17) is 0 Å². The minimum Gasteiger partial charge on any atom is -0.378 e. The van der Waals surface area contributed by atoms with Crippen molar-refractivity contribution in [2.45, 2.75) is 31.3 Å². The van der Waals surface area contributed by atoms with E-state index in [1.807, 2.05) is 0 Å². The Morgan fingerprint density at radius 3 is 2.75 bits per heavy atom. The third-order valence-electron chi connectivity index (χ3n) is 5.06. The number of hydrogen-bond donors (Lipinski definition) is 1. The molecule has 1 aliphatic carbocycles. The fourth-order valence-corrected chi connectivity index (χ4v) is 5.13. The first-order valence-corrected chi connectivity index (χ1v) is 9.04. The maximum atomic E-state index is 10.8. The van der Waals surface area contributed by atoms with E-state index < -0.39 is 5.60 Å². The van der Waals surface area contributed by atoms with Gasteiger partial charge in [0, 0.05) is 11.9 Å². The molecule has 124 valence electrons. The normalized spacial score (nSPS) is 19.3. The Labute approximate surface area is 143 Å². The van der Waals surface area contributed by atoms with Gasteiger partial charge in [-0.15, -0.1) is 11.3 Å². The lowest BCUT2D eigenvalue weighted by Crippen LogP contribution is -2.61. The molecule has 7 nitrogen and oxygen atoms in total. The van der Waals surface area contributed by atoms with E-state index >= 15 is 0 Å². The van der Waals surface area contributed by atoms with Crippen molar-refractivity contribution in [1.29, 1.82) is 0 Å². The molecule has 8 heteroatoms. The van der Waals surface area contributed by atoms with Crippen molar-refractivity contribution >= 4 is 27.4 Å². The van der Waals surface area contributed by atoms with Gasteiger partial charge in [0.25, 0.3) is 0 Å². The number of aromatic nitrogens is 5. The third kappa shape index (κ3) is 1.93. The number of fused-ring (bicyclic) bond motifs is 3. The van der Waals surface area contributed by atoms with Gasteiger partial charge in [0.1, 0.15) is 23.3 Å². The molecular formula is C16H18N6OS. The Bertz CT molecular complexity index is 926. The average molecular weight is 342 g/mol. The molecule has 2 aliphatic rings. The van der Waals surface area contributed by atoms with Crippen molar-refractivity contribution in [2.75, 3.05) is 18.0 Å². The lowest BCUT2D eigenvalue weighted by Gasteiger charge is -2.46. The van der Waals surface area contributed by atoms with Crippen LogP contribution in [0.25, 0.3) is 10.2 Å². The van der Waals surface area contributed by atoms with Crippen molar-refractivity contribution in [3.63, 3.8) is 0 Å². The van der Waals surface area contributed by atoms with E-state index in [0.717, 1.165) is 23.5 Å². The number of aryl methyl sites for hydroxylation is 3. The van der Waals surface area contributed by atoms with Crippen LogP contribution in [-0.2, 0) is 25.5 Å². The number of anilines is 1. The fourth-order valence-electron chi connectivity index (χ4n) is 3.91. The van der Waals surface area contributed by atoms with Crippen molar-refractivity contribution in [1.82, 2.24) is 24.7 Å². The van der Waals surface area contributed by atoms with Crippen LogP contribution in [0.2, 0.25) is 0 Å². The standard InChI is InChI=1S/C16H18N6OS/c1-21-15(19-9-20-21)16(23)6-22(7-16)13-12-10-4-2-3-5-11(10)24-14(12)18-8-17-13/h8-9,23H,2-7H2,1H3. The largest absolute Gasteiger partial charge is 0.378 e. The Kier molecular flexibility index (Phi) is 2.96. The molecular weight excluding hydrogens is 324 g/mol. The highest BCUT2D eigenvalue weighted by molar-refractivity contribution is 7.19.